The van der Waals surface area contributed by atoms with Crippen LogP contribution in [0.15, 0.2) is 42.5 Å². The first-order valence-electron chi connectivity index (χ1n) is 5.77. The quantitative estimate of drug-likeness (QED) is 0.655. The Labute approximate surface area is 117 Å². The average molecular weight is 270 g/mol. The van der Waals surface area contributed by atoms with Gasteiger partial charge in [0.1, 0.15) is 0 Å². The van der Waals surface area contributed by atoms with Gasteiger partial charge in [-0.3, -0.25) is 4.79 Å². The van der Waals surface area contributed by atoms with Gasteiger partial charge in [0, 0.05) is 16.1 Å². The molecule has 0 saturated heterocycles. The van der Waals surface area contributed by atoms with Crippen LogP contribution in [0.1, 0.15) is 16.7 Å². The summed E-state index contributed by atoms with van der Waals surface area (Å²) in [5.41, 5.74) is 3.46. The van der Waals surface area contributed by atoms with Gasteiger partial charge in [-0.15, -0.1) is 0 Å². The van der Waals surface area contributed by atoms with Gasteiger partial charge in [0.2, 0.25) is 6.41 Å². The van der Waals surface area contributed by atoms with E-state index in [-0.39, 0.29) is 0 Å². The van der Waals surface area contributed by atoms with Crippen molar-refractivity contribution in [2.45, 2.75) is 6.92 Å². The van der Waals surface area contributed by atoms with Crippen molar-refractivity contribution in [2.24, 2.45) is 0 Å². The third-order valence-electron chi connectivity index (χ3n) is 2.59. The summed E-state index contributed by atoms with van der Waals surface area (Å²) in [4.78, 5) is 10.5. The van der Waals surface area contributed by atoms with E-state index >= 15 is 0 Å². The van der Waals surface area contributed by atoms with E-state index in [9.17, 15) is 4.79 Å². The van der Waals surface area contributed by atoms with Crippen molar-refractivity contribution in [1.29, 1.82) is 0 Å². The zero-order chi connectivity index (χ0) is 13.7. The summed E-state index contributed by atoms with van der Waals surface area (Å²) >= 11 is 5.94. The van der Waals surface area contributed by atoms with Gasteiger partial charge in [-0.25, -0.2) is 0 Å². The molecular weight excluding hydrogens is 258 g/mol. The third-order valence-corrected chi connectivity index (χ3v) is 2.82. The fraction of sp³-hybridized carbons (Fsp3) is 0.0625. The fourth-order valence-corrected chi connectivity index (χ4v) is 1.76. The molecule has 2 nitrogen and oxygen atoms in total. The van der Waals surface area contributed by atoms with Crippen LogP contribution in [0.3, 0.4) is 0 Å². The molecule has 0 aliphatic heterocycles. The second-order valence-electron chi connectivity index (χ2n) is 4.07. The predicted molar refractivity (Wildman–Crippen MR) is 78.3 cm³/mol. The first-order valence-corrected chi connectivity index (χ1v) is 6.15. The molecule has 0 spiro atoms. The van der Waals surface area contributed by atoms with Gasteiger partial charge >= 0.3 is 0 Å². The minimum atomic E-state index is 0.588. The molecule has 2 aromatic rings. The Balaban J connectivity index is 2.35. The number of carbonyl (C=O) groups is 1. The summed E-state index contributed by atoms with van der Waals surface area (Å²) < 4.78 is 0. The van der Waals surface area contributed by atoms with Gasteiger partial charge in [-0.2, -0.15) is 0 Å². The highest BCUT2D eigenvalue weighted by Crippen LogP contribution is 2.19. The van der Waals surface area contributed by atoms with E-state index in [1.54, 1.807) is 18.2 Å². The van der Waals surface area contributed by atoms with Crippen LogP contribution in [0, 0.1) is 18.8 Å². The van der Waals surface area contributed by atoms with Gasteiger partial charge in [0.25, 0.3) is 0 Å². The number of amides is 1. The Morgan fingerprint density at radius 2 is 1.84 bits per heavy atom. The third kappa shape index (κ3) is 3.61. The molecule has 0 aliphatic carbocycles. The van der Waals surface area contributed by atoms with E-state index in [1.165, 1.54) is 5.56 Å². The number of aryl methyl sites for hydroxylation is 1. The summed E-state index contributed by atoms with van der Waals surface area (Å²) in [6, 6.07) is 13.1. The summed E-state index contributed by atoms with van der Waals surface area (Å²) in [5, 5.41) is 3.19. The largest absolute Gasteiger partial charge is 0.328 e. The molecule has 0 heterocycles. The van der Waals surface area contributed by atoms with Crippen LogP contribution in [0.5, 0.6) is 0 Å². The highest BCUT2D eigenvalue weighted by atomic mass is 35.5. The zero-order valence-corrected chi connectivity index (χ0v) is 11.2. The molecular formula is C16H12ClNO. The van der Waals surface area contributed by atoms with Crippen LogP contribution in [-0.4, -0.2) is 6.41 Å². The Morgan fingerprint density at radius 1 is 1.11 bits per heavy atom. The van der Waals surface area contributed by atoms with E-state index < -0.39 is 0 Å². The first kappa shape index (κ1) is 13.2. The molecule has 0 unspecified atom stereocenters. The maximum absolute atomic E-state index is 10.5. The summed E-state index contributed by atoms with van der Waals surface area (Å²) in [6.07, 6.45) is 0.625. The van der Waals surface area contributed by atoms with Gasteiger partial charge in [-0.1, -0.05) is 41.1 Å². The van der Waals surface area contributed by atoms with Crippen molar-refractivity contribution in [3.63, 3.8) is 0 Å². The summed E-state index contributed by atoms with van der Waals surface area (Å²) in [5.74, 6) is 6.07. The van der Waals surface area contributed by atoms with Gasteiger partial charge in [0.15, 0.2) is 0 Å². The number of halogens is 1. The lowest BCUT2D eigenvalue weighted by Crippen LogP contribution is -1.96. The molecule has 0 atom stereocenters. The van der Waals surface area contributed by atoms with Gasteiger partial charge in [0.05, 0.1) is 5.69 Å². The number of carbonyl (C=O) groups excluding carboxylic acids is 1. The summed E-state index contributed by atoms with van der Waals surface area (Å²) in [7, 11) is 0. The van der Waals surface area contributed by atoms with Crippen LogP contribution in [0.2, 0.25) is 5.02 Å². The van der Waals surface area contributed by atoms with Crippen molar-refractivity contribution < 1.29 is 4.79 Å². The molecule has 0 aliphatic rings. The minimum absolute atomic E-state index is 0.588. The molecule has 1 amide bonds. The van der Waals surface area contributed by atoms with Crippen molar-refractivity contribution in [3.8, 4) is 11.8 Å². The Hall–Kier alpha value is -2.24. The first-order chi connectivity index (χ1) is 9.19. The Bertz CT molecular complexity index is 651. The molecule has 19 heavy (non-hydrogen) atoms. The van der Waals surface area contributed by atoms with E-state index in [2.05, 4.69) is 17.2 Å². The van der Waals surface area contributed by atoms with Gasteiger partial charge in [-0.05, 0) is 37.3 Å². The maximum Gasteiger partial charge on any atom is 0.211 e. The number of hydrogen-bond acceptors (Lipinski definition) is 1. The van der Waals surface area contributed by atoms with Crippen molar-refractivity contribution in [3.05, 3.63) is 64.2 Å². The topological polar surface area (TPSA) is 29.1 Å². The van der Waals surface area contributed by atoms with Gasteiger partial charge < -0.3 is 5.32 Å². The van der Waals surface area contributed by atoms with Crippen molar-refractivity contribution in [1.82, 2.24) is 0 Å². The van der Waals surface area contributed by atoms with Crippen LogP contribution in [0.4, 0.5) is 5.69 Å². The molecule has 3 heteroatoms. The van der Waals surface area contributed by atoms with Crippen LogP contribution >= 0.6 is 11.6 Å². The lowest BCUT2D eigenvalue weighted by Gasteiger charge is -2.02. The molecule has 0 bridgehead atoms. The number of rotatable bonds is 2. The fourth-order valence-electron chi connectivity index (χ4n) is 1.59. The molecule has 94 valence electrons. The minimum Gasteiger partial charge on any atom is -0.328 e. The molecule has 0 radical (unpaired) electrons. The SMILES string of the molecule is Cc1ccc(C#Cc2cc(Cl)ccc2NC=O)cc1. The second-order valence-corrected chi connectivity index (χ2v) is 4.50. The number of nitrogens with one attached hydrogen (secondary N) is 1. The molecule has 0 fully saturated rings. The lowest BCUT2D eigenvalue weighted by molar-refractivity contribution is -0.105. The van der Waals surface area contributed by atoms with Crippen molar-refractivity contribution >= 4 is 23.7 Å². The number of benzene rings is 2. The number of anilines is 1. The number of hydrogen-bond donors (Lipinski definition) is 1. The second kappa shape index (κ2) is 6.08. The molecule has 0 aromatic heterocycles. The Morgan fingerprint density at radius 3 is 2.53 bits per heavy atom. The monoisotopic (exact) mass is 269 g/mol. The smallest absolute Gasteiger partial charge is 0.211 e. The van der Waals surface area contributed by atoms with E-state index in [0.717, 1.165) is 5.56 Å². The lowest BCUT2D eigenvalue weighted by atomic mass is 10.1. The highest BCUT2D eigenvalue weighted by molar-refractivity contribution is 6.30. The van der Waals surface area contributed by atoms with Crippen LogP contribution in [0.25, 0.3) is 0 Å². The molecule has 2 rings (SSSR count). The zero-order valence-electron chi connectivity index (χ0n) is 10.4. The predicted octanol–water partition coefficient (Wildman–Crippen LogP) is 3.62. The van der Waals surface area contributed by atoms with E-state index in [0.29, 0.717) is 22.7 Å². The molecule has 1 N–H and O–H groups in total. The van der Waals surface area contributed by atoms with E-state index in [4.69, 9.17) is 11.6 Å². The Kier molecular flexibility index (Phi) is 4.22. The molecule has 2 aromatic carbocycles. The maximum atomic E-state index is 10.5. The molecule has 0 saturated carbocycles. The van der Waals surface area contributed by atoms with Crippen LogP contribution in [-0.2, 0) is 4.79 Å². The van der Waals surface area contributed by atoms with Crippen molar-refractivity contribution in [2.75, 3.05) is 5.32 Å². The average Bonchev–Trinajstić information content (AvgIpc) is 2.41. The van der Waals surface area contributed by atoms with Crippen LogP contribution < -0.4 is 5.32 Å². The summed E-state index contributed by atoms with van der Waals surface area (Å²) in [6.45, 7) is 2.03. The van der Waals surface area contributed by atoms with E-state index in [1.807, 2.05) is 31.2 Å². The highest BCUT2D eigenvalue weighted by Gasteiger charge is 1.99. The standard InChI is InChI=1S/C16H12ClNO/c1-12-2-4-13(5-3-12)6-7-14-10-15(17)8-9-16(14)18-11-19/h2-5,8-11H,1H3,(H,18,19). The normalized spacial score (nSPS) is 9.37.